The smallest absolute Gasteiger partial charge is 0.0351 e. The predicted molar refractivity (Wildman–Crippen MR) is 95.7 cm³/mol. The van der Waals surface area contributed by atoms with Crippen LogP contribution in [-0.4, -0.2) is 6.54 Å². The molecule has 0 saturated heterocycles. The highest BCUT2D eigenvalue weighted by Crippen LogP contribution is 2.41. The fourth-order valence-electron chi connectivity index (χ4n) is 3.80. The van der Waals surface area contributed by atoms with Crippen molar-refractivity contribution in [3.63, 3.8) is 0 Å². The molecule has 1 aliphatic rings. The zero-order valence-corrected chi connectivity index (χ0v) is 15.4. The van der Waals surface area contributed by atoms with E-state index in [0.717, 1.165) is 18.4 Å². The van der Waals surface area contributed by atoms with Crippen LogP contribution in [0.15, 0.2) is 22.7 Å². The lowest BCUT2D eigenvalue weighted by atomic mass is 9.72. The Balaban J connectivity index is 2.25. The van der Waals surface area contributed by atoms with Crippen LogP contribution in [0.3, 0.4) is 0 Å². The third kappa shape index (κ3) is 4.32. The lowest BCUT2D eigenvalue weighted by Gasteiger charge is -2.38. The summed E-state index contributed by atoms with van der Waals surface area (Å²) in [5.74, 6) is 1.68. The minimum atomic E-state index is 0.520. The summed E-state index contributed by atoms with van der Waals surface area (Å²) >= 11 is 3.71. The van der Waals surface area contributed by atoms with Gasteiger partial charge in [-0.15, -0.1) is 0 Å². The van der Waals surface area contributed by atoms with Crippen LogP contribution in [-0.2, 0) is 0 Å². The highest BCUT2D eigenvalue weighted by atomic mass is 79.9. The van der Waals surface area contributed by atoms with Crippen LogP contribution in [0, 0.1) is 18.8 Å². The topological polar surface area (TPSA) is 12.0 Å². The first-order chi connectivity index (χ1) is 10.2. The summed E-state index contributed by atoms with van der Waals surface area (Å²) in [6.07, 6.45) is 8.14. The number of hydrogen-bond donors (Lipinski definition) is 1. The molecule has 0 aliphatic heterocycles. The molecule has 118 valence electrons. The van der Waals surface area contributed by atoms with Gasteiger partial charge in [-0.3, -0.25) is 0 Å². The maximum absolute atomic E-state index is 3.85. The molecule has 0 radical (unpaired) electrons. The molecule has 1 fully saturated rings. The fraction of sp³-hybridized carbons (Fsp3) is 0.684. The van der Waals surface area contributed by atoms with Crippen molar-refractivity contribution >= 4 is 15.9 Å². The summed E-state index contributed by atoms with van der Waals surface area (Å²) in [5, 5.41) is 3.85. The average molecular weight is 352 g/mol. The maximum atomic E-state index is 3.85. The highest BCUT2D eigenvalue weighted by molar-refractivity contribution is 9.10. The van der Waals surface area contributed by atoms with Gasteiger partial charge in [0.2, 0.25) is 0 Å². The SMILES string of the molecule is CCCNC(c1ccc(C)c(Br)c1)C1CCCCC1CC. The molecule has 0 spiro atoms. The first-order valence-corrected chi connectivity index (χ1v) is 9.46. The molecule has 1 N–H and O–H groups in total. The summed E-state index contributed by atoms with van der Waals surface area (Å²) in [5.41, 5.74) is 2.79. The van der Waals surface area contributed by atoms with Crippen LogP contribution >= 0.6 is 15.9 Å². The van der Waals surface area contributed by atoms with Gasteiger partial charge in [-0.1, -0.05) is 67.6 Å². The van der Waals surface area contributed by atoms with Crippen molar-refractivity contribution in [2.75, 3.05) is 6.54 Å². The number of hydrogen-bond acceptors (Lipinski definition) is 1. The predicted octanol–water partition coefficient (Wildman–Crippen LogP) is 6.01. The molecule has 3 atom stereocenters. The van der Waals surface area contributed by atoms with Gasteiger partial charge in [0.05, 0.1) is 0 Å². The van der Waals surface area contributed by atoms with E-state index in [9.17, 15) is 0 Å². The lowest BCUT2D eigenvalue weighted by molar-refractivity contribution is 0.175. The van der Waals surface area contributed by atoms with Gasteiger partial charge in [0.1, 0.15) is 0 Å². The zero-order valence-electron chi connectivity index (χ0n) is 13.8. The number of benzene rings is 1. The fourth-order valence-corrected chi connectivity index (χ4v) is 4.20. The van der Waals surface area contributed by atoms with E-state index >= 15 is 0 Å². The summed E-state index contributed by atoms with van der Waals surface area (Å²) in [4.78, 5) is 0. The molecule has 1 nitrogen and oxygen atoms in total. The van der Waals surface area contributed by atoms with E-state index in [1.54, 1.807) is 0 Å². The standard InChI is InChI=1S/C19H30BrN/c1-4-12-21-19(16-11-10-14(3)18(20)13-16)17-9-7-6-8-15(17)5-2/h10-11,13,15,17,19,21H,4-9,12H2,1-3H3. The average Bonchev–Trinajstić information content (AvgIpc) is 2.51. The van der Waals surface area contributed by atoms with Crippen LogP contribution in [0.25, 0.3) is 0 Å². The Morgan fingerprint density at radius 1 is 1.24 bits per heavy atom. The van der Waals surface area contributed by atoms with Crippen molar-refractivity contribution in [1.29, 1.82) is 0 Å². The van der Waals surface area contributed by atoms with Gasteiger partial charge >= 0.3 is 0 Å². The second kappa shape index (κ2) is 8.33. The van der Waals surface area contributed by atoms with E-state index in [1.807, 2.05) is 0 Å². The zero-order chi connectivity index (χ0) is 15.2. The molecule has 1 saturated carbocycles. The van der Waals surface area contributed by atoms with Crippen LogP contribution < -0.4 is 5.32 Å². The number of nitrogens with one attached hydrogen (secondary N) is 1. The minimum absolute atomic E-state index is 0.520. The maximum Gasteiger partial charge on any atom is 0.0351 e. The molecule has 1 aliphatic carbocycles. The number of rotatable bonds is 6. The second-order valence-electron chi connectivity index (χ2n) is 6.56. The lowest BCUT2D eigenvalue weighted by Crippen LogP contribution is -2.35. The van der Waals surface area contributed by atoms with E-state index in [2.05, 4.69) is 60.2 Å². The van der Waals surface area contributed by atoms with Crippen molar-refractivity contribution in [3.05, 3.63) is 33.8 Å². The van der Waals surface area contributed by atoms with Gasteiger partial charge in [0, 0.05) is 10.5 Å². The van der Waals surface area contributed by atoms with Crippen molar-refractivity contribution < 1.29 is 0 Å². The van der Waals surface area contributed by atoms with E-state index < -0.39 is 0 Å². The molecule has 0 heterocycles. The van der Waals surface area contributed by atoms with Crippen LogP contribution in [0.5, 0.6) is 0 Å². The summed E-state index contributed by atoms with van der Waals surface area (Å²) in [6.45, 7) is 7.90. The third-order valence-corrected chi connectivity index (χ3v) is 5.94. The van der Waals surface area contributed by atoms with E-state index in [4.69, 9.17) is 0 Å². The van der Waals surface area contributed by atoms with Gasteiger partial charge < -0.3 is 5.32 Å². The second-order valence-corrected chi connectivity index (χ2v) is 7.41. The summed E-state index contributed by atoms with van der Waals surface area (Å²) in [7, 11) is 0. The Bertz CT molecular complexity index is 443. The monoisotopic (exact) mass is 351 g/mol. The Labute approximate surface area is 139 Å². The molecular weight excluding hydrogens is 322 g/mol. The van der Waals surface area contributed by atoms with Crippen molar-refractivity contribution in [1.82, 2.24) is 5.32 Å². The first kappa shape index (κ1) is 17.0. The van der Waals surface area contributed by atoms with Crippen molar-refractivity contribution in [3.8, 4) is 0 Å². The normalized spacial score (nSPS) is 24.0. The Morgan fingerprint density at radius 2 is 2.00 bits per heavy atom. The van der Waals surface area contributed by atoms with Crippen LogP contribution in [0.1, 0.15) is 69.5 Å². The van der Waals surface area contributed by atoms with Crippen molar-refractivity contribution in [2.45, 2.75) is 65.3 Å². The molecular formula is C19H30BrN. The molecule has 0 bridgehead atoms. The van der Waals surface area contributed by atoms with Gasteiger partial charge in [-0.2, -0.15) is 0 Å². The first-order valence-electron chi connectivity index (χ1n) is 8.66. The quantitative estimate of drug-likeness (QED) is 0.661. The Kier molecular flexibility index (Phi) is 6.75. The molecule has 3 unspecified atom stereocenters. The van der Waals surface area contributed by atoms with Gasteiger partial charge in [0.25, 0.3) is 0 Å². The third-order valence-electron chi connectivity index (χ3n) is 5.09. The molecule has 1 aromatic carbocycles. The molecule has 0 amide bonds. The Morgan fingerprint density at radius 3 is 2.67 bits per heavy atom. The van der Waals surface area contributed by atoms with Crippen molar-refractivity contribution in [2.24, 2.45) is 11.8 Å². The molecule has 0 aromatic heterocycles. The van der Waals surface area contributed by atoms with Gasteiger partial charge in [0.15, 0.2) is 0 Å². The Hall–Kier alpha value is -0.340. The van der Waals surface area contributed by atoms with Crippen LogP contribution in [0.4, 0.5) is 0 Å². The number of aryl methyl sites for hydroxylation is 1. The van der Waals surface area contributed by atoms with E-state index in [-0.39, 0.29) is 0 Å². The molecule has 1 aromatic rings. The molecule has 2 heteroatoms. The van der Waals surface area contributed by atoms with Crippen LogP contribution in [0.2, 0.25) is 0 Å². The van der Waals surface area contributed by atoms with E-state index in [1.165, 1.54) is 54.1 Å². The van der Waals surface area contributed by atoms with Gasteiger partial charge in [-0.05, 0) is 55.3 Å². The minimum Gasteiger partial charge on any atom is -0.310 e. The summed E-state index contributed by atoms with van der Waals surface area (Å²) in [6, 6.07) is 7.44. The molecule has 21 heavy (non-hydrogen) atoms. The van der Waals surface area contributed by atoms with E-state index in [0.29, 0.717) is 6.04 Å². The molecule has 2 rings (SSSR count). The highest BCUT2D eigenvalue weighted by Gasteiger charge is 2.31. The number of halogens is 1. The largest absolute Gasteiger partial charge is 0.310 e. The van der Waals surface area contributed by atoms with Gasteiger partial charge in [-0.25, -0.2) is 0 Å². The summed E-state index contributed by atoms with van der Waals surface area (Å²) < 4.78 is 1.24.